The van der Waals surface area contributed by atoms with Crippen molar-refractivity contribution in [3.8, 4) is 5.75 Å². The topological polar surface area (TPSA) is 81.4 Å². The van der Waals surface area contributed by atoms with Crippen molar-refractivity contribution >= 4 is 16.7 Å². The number of ether oxygens (including phenoxy) is 1. The van der Waals surface area contributed by atoms with Gasteiger partial charge in [0.15, 0.2) is 6.61 Å². The maximum absolute atomic E-state index is 10.9. The summed E-state index contributed by atoms with van der Waals surface area (Å²) in [5, 5.41) is 3.28. The molecule has 0 aliphatic heterocycles. The van der Waals surface area contributed by atoms with E-state index in [9.17, 15) is 9.00 Å². The zero-order chi connectivity index (χ0) is 14.1. The molecule has 0 aliphatic rings. The minimum Gasteiger partial charge on any atom is -0.484 e. The summed E-state index contributed by atoms with van der Waals surface area (Å²) in [7, 11) is -0.717. The van der Waals surface area contributed by atoms with Crippen LogP contribution >= 0.6 is 0 Å². The van der Waals surface area contributed by atoms with E-state index in [0.29, 0.717) is 5.75 Å². The van der Waals surface area contributed by atoms with Crippen LogP contribution in [0.2, 0.25) is 0 Å². The highest BCUT2D eigenvalue weighted by Crippen LogP contribution is 2.11. The van der Waals surface area contributed by atoms with E-state index in [1.54, 1.807) is 18.4 Å². The quantitative estimate of drug-likeness (QED) is 0.644. The van der Waals surface area contributed by atoms with Gasteiger partial charge in [-0.1, -0.05) is 12.1 Å². The smallest absolute Gasteiger partial charge is 0.255 e. The van der Waals surface area contributed by atoms with Crippen molar-refractivity contribution in [3.05, 3.63) is 29.8 Å². The molecule has 1 aromatic rings. The van der Waals surface area contributed by atoms with E-state index in [1.165, 1.54) is 0 Å². The molecule has 0 saturated carbocycles. The van der Waals surface area contributed by atoms with E-state index in [-0.39, 0.29) is 6.61 Å². The van der Waals surface area contributed by atoms with Crippen LogP contribution in [0.3, 0.4) is 0 Å². The Balaban J connectivity index is 2.24. The first-order valence-electron chi connectivity index (χ1n) is 6.08. The minimum absolute atomic E-state index is 0.105. The molecule has 1 amide bonds. The average molecular weight is 284 g/mol. The summed E-state index contributed by atoms with van der Waals surface area (Å²) in [6.45, 7) is 1.50. The lowest BCUT2D eigenvalue weighted by Crippen LogP contribution is -2.20. The van der Waals surface area contributed by atoms with E-state index in [0.717, 1.165) is 30.8 Å². The number of carbonyl (C=O) groups is 1. The van der Waals surface area contributed by atoms with Crippen molar-refractivity contribution in [2.75, 3.05) is 25.2 Å². The lowest BCUT2D eigenvalue weighted by atomic mass is 10.2. The highest BCUT2D eigenvalue weighted by atomic mass is 32.2. The van der Waals surface area contributed by atoms with E-state index < -0.39 is 16.7 Å². The number of rotatable bonds is 9. The molecular weight excluding hydrogens is 264 g/mol. The fourth-order valence-electron chi connectivity index (χ4n) is 1.49. The standard InChI is InChI=1S/C13H20N2O3S/c1-19(17)8-2-7-15-9-11-3-5-12(6-4-11)18-10-13(14)16/h3-6,15H,2,7-10H2,1H3,(H2,14,16). The van der Waals surface area contributed by atoms with Crippen molar-refractivity contribution in [1.82, 2.24) is 5.32 Å². The third-order valence-corrected chi connectivity index (χ3v) is 3.28. The summed E-state index contributed by atoms with van der Waals surface area (Å²) < 4.78 is 16.0. The largest absolute Gasteiger partial charge is 0.484 e. The van der Waals surface area contributed by atoms with Gasteiger partial charge in [0.25, 0.3) is 5.91 Å². The Kier molecular flexibility index (Phi) is 7.14. The van der Waals surface area contributed by atoms with Crippen molar-refractivity contribution in [3.63, 3.8) is 0 Å². The van der Waals surface area contributed by atoms with Crippen LogP contribution in [0.4, 0.5) is 0 Å². The number of nitrogens with two attached hydrogens (primary N) is 1. The molecule has 1 atom stereocenters. The first-order valence-corrected chi connectivity index (χ1v) is 7.81. The minimum atomic E-state index is -0.717. The van der Waals surface area contributed by atoms with Crippen LogP contribution in [-0.4, -0.2) is 35.3 Å². The van der Waals surface area contributed by atoms with Crippen molar-refractivity contribution in [1.29, 1.82) is 0 Å². The summed E-state index contributed by atoms with van der Waals surface area (Å²) >= 11 is 0. The van der Waals surface area contributed by atoms with Gasteiger partial charge in [-0.2, -0.15) is 0 Å². The van der Waals surface area contributed by atoms with E-state index in [1.807, 2.05) is 12.1 Å². The Morgan fingerprint density at radius 2 is 2.05 bits per heavy atom. The molecule has 1 rings (SSSR count). The van der Waals surface area contributed by atoms with Gasteiger partial charge in [-0.25, -0.2) is 0 Å². The molecule has 0 spiro atoms. The third-order valence-electron chi connectivity index (χ3n) is 2.42. The molecule has 0 fully saturated rings. The van der Waals surface area contributed by atoms with Crippen molar-refractivity contribution < 1.29 is 13.7 Å². The molecule has 6 heteroatoms. The number of primary amides is 1. The first kappa shape index (κ1) is 15.7. The van der Waals surface area contributed by atoms with Gasteiger partial charge in [0, 0.05) is 29.4 Å². The lowest BCUT2D eigenvalue weighted by Gasteiger charge is -2.06. The number of nitrogens with one attached hydrogen (secondary N) is 1. The van der Waals surface area contributed by atoms with Gasteiger partial charge in [-0.3, -0.25) is 9.00 Å². The molecule has 0 radical (unpaired) electrons. The van der Waals surface area contributed by atoms with Crippen molar-refractivity contribution in [2.45, 2.75) is 13.0 Å². The molecular formula is C13H20N2O3S. The summed E-state index contributed by atoms with van der Waals surface area (Å²) in [5.74, 6) is 0.871. The first-order chi connectivity index (χ1) is 9.08. The summed E-state index contributed by atoms with van der Waals surface area (Å²) in [5.41, 5.74) is 6.12. The van der Waals surface area contributed by atoms with Crippen LogP contribution < -0.4 is 15.8 Å². The Bertz CT molecular complexity index is 420. The second-order valence-electron chi connectivity index (χ2n) is 4.21. The normalized spacial score (nSPS) is 12.1. The molecule has 1 aromatic carbocycles. The van der Waals surface area contributed by atoms with E-state index in [4.69, 9.17) is 10.5 Å². The number of hydrogen-bond donors (Lipinski definition) is 2. The molecule has 0 saturated heterocycles. The van der Waals surface area contributed by atoms with E-state index >= 15 is 0 Å². The Morgan fingerprint density at radius 3 is 2.63 bits per heavy atom. The summed E-state index contributed by atoms with van der Waals surface area (Å²) in [6.07, 6.45) is 2.62. The molecule has 1 unspecified atom stereocenters. The summed E-state index contributed by atoms with van der Waals surface area (Å²) in [4.78, 5) is 10.6. The number of amides is 1. The molecule has 3 N–H and O–H groups in total. The fourth-order valence-corrected chi connectivity index (χ4v) is 2.04. The van der Waals surface area contributed by atoms with Crippen molar-refractivity contribution in [2.24, 2.45) is 5.73 Å². The van der Waals surface area contributed by atoms with Crippen LogP contribution in [0.5, 0.6) is 5.75 Å². The van der Waals surface area contributed by atoms with Gasteiger partial charge >= 0.3 is 0 Å². The third kappa shape index (κ3) is 7.58. The maximum atomic E-state index is 10.9. The molecule has 0 aromatic heterocycles. The zero-order valence-electron chi connectivity index (χ0n) is 11.1. The van der Waals surface area contributed by atoms with Gasteiger partial charge in [-0.05, 0) is 30.7 Å². The highest BCUT2D eigenvalue weighted by Gasteiger charge is 1.98. The molecule has 0 aliphatic carbocycles. The predicted octanol–water partition coefficient (Wildman–Crippen LogP) is 0.409. The van der Waals surface area contributed by atoms with Gasteiger partial charge < -0.3 is 15.8 Å². The second-order valence-corrected chi connectivity index (χ2v) is 5.76. The van der Waals surface area contributed by atoms with Crippen LogP contribution in [0.15, 0.2) is 24.3 Å². The average Bonchev–Trinajstić information content (AvgIpc) is 2.37. The summed E-state index contributed by atoms with van der Waals surface area (Å²) in [6, 6.07) is 7.48. The van der Waals surface area contributed by atoms with Crippen LogP contribution in [0.25, 0.3) is 0 Å². The molecule has 5 nitrogen and oxygen atoms in total. The van der Waals surface area contributed by atoms with Crippen LogP contribution in [0, 0.1) is 0 Å². The van der Waals surface area contributed by atoms with E-state index in [2.05, 4.69) is 5.32 Å². The Hall–Kier alpha value is -1.40. The second kappa shape index (κ2) is 8.66. The van der Waals surface area contributed by atoms with Crippen LogP contribution in [0.1, 0.15) is 12.0 Å². The zero-order valence-corrected chi connectivity index (χ0v) is 11.9. The maximum Gasteiger partial charge on any atom is 0.255 e. The molecule has 106 valence electrons. The van der Waals surface area contributed by atoms with Gasteiger partial charge in [0.1, 0.15) is 5.75 Å². The SMILES string of the molecule is CS(=O)CCCNCc1ccc(OCC(N)=O)cc1. The molecule has 19 heavy (non-hydrogen) atoms. The monoisotopic (exact) mass is 284 g/mol. The molecule has 0 heterocycles. The molecule has 0 bridgehead atoms. The fraction of sp³-hybridized carbons (Fsp3) is 0.462. The number of carbonyl (C=O) groups excluding carboxylic acids is 1. The lowest BCUT2D eigenvalue weighted by molar-refractivity contribution is -0.119. The number of benzene rings is 1. The predicted molar refractivity (Wildman–Crippen MR) is 76.4 cm³/mol. The Morgan fingerprint density at radius 1 is 1.37 bits per heavy atom. The van der Waals surface area contributed by atoms with Gasteiger partial charge in [-0.15, -0.1) is 0 Å². The number of hydrogen-bond acceptors (Lipinski definition) is 4. The van der Waals surface area contributed by atoms with Gasteiger partial charge in [0.05, 0.1) is 0 Å². The van der Waals surface area contributed by atoms with Gasteiger partial charge in [0.2, 0.25) is 0 Å². The Labute approximate surface area is 116 Å². The van der Waals surface area contributed by atoms with Crippen LogP contribution in [-0.2, 0) is 22.1 Å². The highest BCUT2D eigenvalue weighted by molar-refractivity contribution is 7.84.